The van der Waals surface area contributed by atoms with E-state index >= 15 is 0 Å². The van der Waals surface area contributed by atoms with E-state index in [2.05, 4.69) is 25.8 Å². The van der Waals surface area contributed by atoms with Gasteiger partial charge in [0.15, 0.2) is 9.84 Å². The van der Waals surface area contributed by atoms with Crippen molar-refractivity contribution in [2.24, 2.45) is 5.73 Å². The number of imide groups is 1. The summed E-state index contributed by atoms with van der Waals surface area (Å²) < 4.78 is 26.4. The van der Waals surface area contributed by atoms with Crippen molar-refractivity contribution in [3.05, 3.63) is 30.3 Å². The number of amides is 2. The van der Waals surface area contributed by atoms with Crippen LogP contribution >= 0.6 is 0 Å². The number of sulfone groups is 1. The second-order valence-electron chi connectivity index (χ2n) is 8.66. The molecule has 1 aromatic carbocycles. The molecule has 1 saturated carbocycles. The van der Waals surface area contributed by atoms with Gasteiger partial charge in [-0.15, -0.1) is 0 Å². The number of likely N-dealkylation sites (tertiary alicyclic amines) is 1. The Bertz CT molecular complexity index is 861. The van der Waals surface area contributed by atoms with Crippen LogP contribution in [-0.4, -0.2) is 66.5 Å². The second kappa shape index (κ2) is 8.16. The summed E-state index contributed by atoms with van der Waals surface area (Å²) in [5.41, 5.74) is 4.81. The number of hydrogen-bond donors (Lipinski definition) is 1. The van der Waals surface area contributed by atoms with Crippen LogP contribution in [0, 0.1) is 0 Å². The molecule has 1 atom stereocenters. The Labute approximate surface area is 173 Å². The Hall–Kier alpha value is -1.77. The lowest BCUT2D eigenvalue weighted by Gasteiger charge is -2.47. The average Bonchev–Trinajstić information content (AvgIpc) is 2.94. The van der Waals surface area contributed by atoms with E-state index in [0.717, 1.165) is 12.8 Å². The summed E-state index contributed by atoms with van der Waals surface area (Å²) in [5.74, 6) is -1.07. The number of nitrogens with zero attached hydrogens (tertiary/aromatic N) is 2. The van der Waals surface area contributed by atoms with E-state index in [1.165, 1.54) is 4.90 Å². The molecule has 1 saturated heterocycles. The molecule has 0 bridgehead atoms. The summed E-state index contributed by atoms with van der Waals surface area (Å²) in [7, 11) is -1.61. The summed E-state index contributed by atoms with van der Waals surface area (Å²) in [6.07, 6.45) is 2.33. The normalized spacial score (nSPS) is 28.6. The number of carbonyl (C=O) groups excluding carboxylic acids is 2. The van der Waals surface area contributed by atoms with Gasteiger partial charge >= 0.3 is 0 Å². The van der Waals surface area contributed by atoms with Crippen LogP contribution in [0.3, 0.4) is 0 Å². The van der Waals surface area contributed by atoms with E-state index in [1.807, 2.05) is 0 Å². The summed E-state index contributed by atoms with van der Waals surface area (Å²) in [4.78, 5) is 29.1. The molecule has 160 valence electrons. The second-order valence-corrected chi connectivity index (χ2v) is 10.7. The molecule has 1 aliphatic heterocycles. The third-order valence-electron chi connectivity index (χ3n) is 6.49. The highest BCUT2D eigenvalue weighted by molar-refractivity contribution is 7.91. The van der Waals surface area contributed by atoms with Gasteiger partial charge in [-0.1, -0.05) is 18.2 Å². The standard InChI is InChI=1S/C21H31N3O4S/c1-15(2)23(3)16-9-11-21(12-10-16,24-19(25)13-18(22)20(24)26)14-29(27,28)17-7-5-4-6-8-17/h4-8,15-16,18H,9-14,22H2,1-3H3/t16?,18-,21?/m0/s1. The Kier molecular flexibility index (Phi) is 6.17. The first-order valence-electron chi connectivity index (χ1n) is 10.2. The van der Waals surface area contributed by atoms with Crippen LogP contribution < -0.4 is 5.73 Å². The molecule has 0 aromatic heterocycles. The highest BCUT2D eigenvalue weighted by Gasteiger charge is 2.53. The molecule has 1 heterocycles. The molecule has 1 aromatic rings. The van der Waals surface area contributed by atoms with Gasteiger partial charge in [0.1, 0.15) is 0 Å². The lowest BCUT2D eigenvalue weighted by molar-refractivity contribution is -0.147. The molecule has 7 nitrogen and oxygen atoms in total. The number of benzene rings is 1. The Balaban J connectivity index is 1.94. The third kappa shape index (κ3) is 4.25. The molecule has 0 radical (unpaired) electrons. The number of hydrogen-bond acceptors (Lipinski definition) is 6. The van der Waals surface area contributed by atoms with Crippen LogP contribution in [0.25, 0.3) is 0 Å². The average molecular weight is 422 g/mol. The van der Waals surface area contributed by atoms with Crippen molar-refractivity contribution < 1.29 is 18.0 Å². The monoisotopic (exact) mass is 421 g/mol. The third-order valence-corrected chi connectivity index (χ3v) is 8.40. The highest BCUT2D eigenvalue weighted by Crippen LogP contribution is 2.40. The maximum absolute atomic E-state index is 13.2. The van der Waals surface area contributed by atoms with Gasteiger partial charge in [0, 0.05) is 12.1 Å². The highest BCUT2D eigenvalue weighted by atomic mass is 32.2. The van der Waals surface area contributed by atoms with E-state index in [1.54, 1.807) is 30.3 Å². The number of nitrogens with two attached hydrogens (primary N) is 1. The van der Waals surface area contributed by atoms with Crippen molar-refractivity contribution >= 4 is 21.7 Å². The van der Waals surface area contributed by atoms with Crippen molar-refractivity contribution in [3.8, 4) is 0 Å². The van der Waals surface area contributed by atoms with Gasteiger partial charge in [-0.05, 0) is 58.7 Å². The molecule has 2 aliphatic rings. The lowest BCUT2D eigenvalue weighted by atomic mass is 9.78. The van der Waals surface area contributed by atoms with Crippen LogP contribution in [0.2, 0.25) is 0 Å². The predicted octanol–water partition coefficient (Wildman–Crippen LogP) is 1.57. The first-order valence-corrected chi connectivity index (χ1v) is 11.8. The topological polar surface area (TPSA) is 101 Å². The molecular formula is C21H31N3O4S. The van der Waals surface area contributed by atoms with Crippen molar-refractivity contribution in [1.29, 1.82) is 0 Å². The molecule has 2 fully saturated rings. The van der Waals surface area contributed by atoms with E-state index in [9.17, 15) is 18.0 Å². The minimum Gasteiger partial charge on any atom is -0.319 e. The maximum atomic E-state index is 13.2. The zero-order chi connectivity index (χ0) is 21.4. The molecule has 0 spiro atoms. The summed E-state index contributed by atoms with van der Waals surface area (Å²) >= 11 is 0. The molecule has 2 amide bonds. The van der Waals surface area contributed by atoms with Gasteiger partial charge in [0.2, 0.25) is 11.8 Å². The molecule has 8 heteroatoms. The lowest BCUT2D eigenvalue weighted by Crippen LogP contribution is -2.59. The van der Waals surface area contributed by atoms with E-state index in [0.29, 0.717) is 24.9 Å². The maximum Gasteiger partial charge on any atom is 0.247 e. The van der Waals surface area contributed by atoms with Crippen molar-refractivity contribution in [2.45, 2.75) is 74.5 Å². The minimum atomic E-state index is -3.67. The Morgan fingerprint density at radius 3 is 2.24 bits per heavy atom. The summed E-state index contributed by atoms with van der Waals surface area (Å²) in [6.45, 7) is 4.24. The summed E-state index contributed by atoms with van der Waals surface area (Å²) in [5, 5.41) is 0. The fourth-order valence-corrected chi connectivity index (χ4v) is 6.48. The number of rotatable bonds is 6. The van der Waals surface area contributed by atoms with Gasteiger partial charge in [-0.2, -0.15) is 0 Å². The van der Waals surface area contributed by atoms with E-state index in [-0.39, 0.29) is 23.0 Å². The first kappa shape index (κ1) is 21.9. The molecule has 29 heavy (non-hydrogen) atoms. The molecule has 3 rings (SSSR count). The van der Waals surface area contributed by atoms with E-state index in [4.69, 9.17) is 5.73 Å². The SMILES string of the molecule is CC(C)N(C)C1CCC(CS(=O)(=O)c2ccccc2)(N2C(=O)C[C@H](N)C2=O)CC1. The summed E-state index contributed by atoms with van der Waals surface area (Å²) in [6, 6.07) is 8.00. The van der Waals surface area contributed by atoms with Gasteiger partial charge < -0.3 is 10.6 Å². The van der Waals surface area contributed by atoms with Crippen LogP contribution in [0.1, 0.15) is 46.0 Å². The number of carbonyl (C=O) groups is 2. The van der Waals surface area contributed by atoms with Crippen LogP contribution in [0.5, 0.6) is 0 Å². The largest absolute Gasteiger partial charge is 0.319 e. The fraction of sp³-hybridized carbons (Fsp3) is 0.619. The predicted molar refractivity (Wildman–Crippen MR) is 111 cm³/mol. The molecular weight excluding hydrogens is 390 g/mol. The van der Waals surface area contributed by atoms with Crippen LogP contribution in [0.4, 0.5) is 0 Å². The molecule has 0 unspecified atom stereocenters. The van der Waals surface area contributed by atoms with E-state index < -0.39 is 27.3 Å². The molecule has 1 aliphatic carbocycles. The van der Waals surface area contributed by atoms with Gasteiger partial charge in [0.05, 0.1) is 28.6 Å². The minimum absolute atomic E-state index is 0.0543. The smallest absolute Gasteiger partial charge is 0.247 e. The van der Waals surface area contributed by atoms with Gasteiger partial charge in [-0.25, -0.2) is 8.42 Å². The first-order chi connectivity index (χ1) is 13.6. The van der Waals surface area contributed by atoms with Crippen molar-refractivity contribution in [2.75, 3.05) is 12.8 Å². The molecule has 2 N–H and O–H groups in total. The Morgan fingerprint density at radius 1 is 1.17 bits per heavy atom. The van der Waals surface area contributed by atoms with Crippen molar-refractivity contribution in [3.63, 3.8) is 0 Å². The van der Waals surface area contributed by atoms with Crippen molar-refractivity contribution in [1.82, 2.24) is 9.80 Å². The quantitative estimate of drug-likeness (QED) is 0.700. The van der Waals surface area contributed by atoms with Gasteiger partial charge in [0.25, 0.3) is 0 Å². The Morgan fingerprint density at radius 2 is 1.76 bits per heavy atom. The van der Waals surface area contributed by atoms with Gasteiger partial charge in [-0.3, -0.25) is 14.5 Å². The zero-order valence-corrected chi connectivity index (χ0v) is 18.2. The fourth-order valence-electron chi connectivity index (χ4n) is 4.62. The van der Waals surface area contributed by atoms with Crippen LogP contribution in [-0.2, 0) is 19.4 Å². The van der Waals surface area contributed by atoms with Crippen LogP contribution in [0.15, 0.2) is 35.2 Å². The zero-order valence-electron chi connectivity index (χ0n) is 17.4.